The number of carbonyl (C=O) groups is 1. The predicted octanol–water partition coefficient (Wildman–Crippen LogP) is 3.39. The van der Waals surface area contributed by atoms with Gasteiger partial charge in [0.1, 0.15) is 11.5 Å². The SMILES string of the molecule is COc1ccc(C(=O)NC[C@H](c2ccccc2OC)N(C)C)cc1Cl. The van der Waals surface area contributed by atoms with Crippen molar-refractivity contribution in [3.05, 3.63) is 58.6 Å². The number of hydrogen-bond acceptors (Lipinski definition) is 4. The standard InChI is InChI=1S/C19H23ClN2O3/c1-22(2)16(14-7-5-6-8-17(14)24-3)12-21-19(23)13-9-10-18(25-4)15(20)11-13/h5-11,16H,12H2,1-4H3,(H,21,23)/t16-/m1/s1. The number of hydrogen-bond donors (Lipinski definition) is 1. The number of likely N-dealkylation sites (N-methyl/N-ethyl adjacent to an activating group) is 1. The summed E-state index contributed by atoms with van der Waals surface area (Å²) >= 11 is 6.09. The highest BCUT2D eigenvalue weighted by Crippen LogP contribution is 2.28. The number of ether oxygens (including phenoxy) is 2. The van der Waals surface area contributed by atoms with E-state index in [1.165, 1.54) is 7.11 Å². The zero-order valence-corrected chi connectivity index (χ0v) is 15.6. The highest BCUT2D eigenvalue weighted by Gasteiger charge is 2.19. The molecule has 0 unspecified atom stereocenters. The van der Waals surface area contributed by atoms with E-state index in [2.05, 4.69) is 5.32 Å². The van der Waals surface area contributed by atoms with E-state index < -0.39 is 0 Å². The molecule has 0 aliphatic carbocycles. The first-order chi connectivity index (χ1) is 12.0. The molecule has 0 bridgehead atoms. The first kappa shape index (κ1) is 19.1. The fourth-order valence-electron chi connectivity index (χ4n) is 2.61. The third kappa shape index (κ3) is 4.65. The van der Waals surface area contributed by atoms with Crippen molar-refractivity contribution >= 4 is 17.5 Å². The first-order valence-corrected chi connectivity index (χ1v) is 8.26. The smallest absolute Gasteiger partial charge is 0.251 e. The van der Waals surface area contributed by atoms with Crippen LogP contribution in [0.2, 0.25) is 5.02 Å². The Morgan fingerprint density at radius 3 is 2.40 bits per heavy atom. The summed E-state index contributed by atoms with van der Waals surface area (Å²) < 4.78 is 10.5. The number of halogens is 1. The lowest BCUT2D eigenvalue weighted by atomic mass is 10.0. The van der Waals surface area contributed by atoms with Gasteiger partial charge >= 0.3 is 0 Å². The van der Waals surface area contributed by atoms with Crippen LogP contribution in [0.15, 0.2) is 42.5 Å². The number of amides is 1. The lowest BCUT2D eigenvalue weighted by molar-refractivity contribution is 0.0941. The van der Waals surface area contributed by atoms with Crippen LogP contribution in [0.5, 0.6) is 11.5 Å². The van der Waals surface area contributed by atoms with Crippen LogP contribution in [-0.2, 0) is 0 Å². The minimum absolute atomic E-state index is 0.0196. The highest BCUT2D eigenvalue weighted by molar-refractivity contribution is 6.32. The molecular formula is C19H23ClN2O3. The van der Waals surface area contributed by atoms with Gasteiger partial charge in [-0.2, -0.15) is 0 Å². The van der Waals surface area contributed by atoms with Gasteiger partial charge in [0.2, 0.25) is 0 Å². The van der Waals surface area contributed by atoms with Crippen molar-refractivity contribution in [1.29, 1.82) is 0 Å². The van der Waals surface area contributed by atoms with E-state index in [4.69, 9.17) is 21.1 Å². The molecule has 134 valence electrons. The summed E-state index contributed by atoms with van der Waals surface area (Å²) in [5, 5.41) is 3.37. The zero-order valence-electron chi connectivity index (χ0n) is 14.9. The molecule has 0 spiro atoms. The summed E-state index contributed by atoms with van der Waals surface area (Å²) in [5.74, 6) is 1.15. The van der Waals surface area contributed by atoms with Gasteiger partial charge in [-0.1, -0.05) is 29.8 Å². The molecule has 0 radical (unpaired) electrons. The van der Waals surface area contributed by atoms with Crippen molar-refractivity contribution in [2.45, 2.75) is 6.04 Å². The Kier molecular flexibility index (Phi) is 6.67. The number of benzene rings is 2. The minimum Gasteiger partial charge on any atom is -0.496 e. The van der Waals surface area contributed by atoms with Gasteiger partial charge in [0.25, 0.3) is 5.91 Å². The monoisotopic (exact) mass is 362 g/mol. The molecule has 0 heterocycles. The fraction of sp³-hybridized carbons (Fsp3) is 0.316. The molecule has 0 fully saturated rings. The zero-order chi connectivity index (χ0) is 18.4. The molecular weight excluding hydrogens is 340 g/mol. The Morgan fingerprint density at radius 2 is 1.80 bits per heavy atom. The summed E-state index contributed by atoms with van der Waals surface area (Å²) in [5.41, 5.74) is 1.51. The summed E-state index contributed by atoms with van der Waals surface area (Å²) in [6.45, 7) is 0.440. The van der Waals surface area contributed by atoms with Crippen LogP contribution >= 0.6 is 11.6 Å². The van der Waals surface area contributed by atoms with Gasteiger partial charge in [-0.05, 0) is 38.4 Å². The molecule has 2 aromatic rings. The average Bonchev–Trinajstić information content (AvgIpc) is 2.61. The lowest BCUT2D eigenvalue weighted by Gasteiger charge is -2.26. The second kappa shape index (κ2) is 8.74. The number of nitrogens with one attached hydrogen (secondary N) is 1. The quantitative estimate of drug-likeness (QED) is 0.820. The maximum atomic E-state index is 12.4. The van der Waals surface area contributed by atoms with E-state index in [0.717, 1.165) is 11.3 Å². The van der Waals surface area contributed by atoms with Gasteiger partial charge in [0.15, 0.2) is 0 Å². The van der Waals surface area contributed by atoms with Gasteiger partial charge in [0.05, 0.1) is 25.3 Å². The minimum atomic E-state index is -0.189. The molecule has 0 saturated carbocycles. The summed E-state index contributed by atoms with van der Waals surface area (Å²) in [6, 6.07) is 12.7. The van der Waals surface area contributed by atoms with Gasteiger partial charge in [-0.25, -0.2) is 0 Å². The molecule has 6 heteroatoms. The van der Waals surface area contributed by atoms with Crippen LogP contribution in [0.4, 0.5) is 0 Å². The second-order valence-corrected chi connectivity index (χ2v) is 6.19. The van der Waals surface area contributed by atoms with Crippen molar-refractivity contribution < 1.29 is 14.3 Å². The summed E-state index contributed by atoms with van der Waals surface area (Å²) in [4.78, 5) is 14.5. The van der Waals surface area contributed by atoms with Gasteiger partial charge in [-0.3, -0.25) is 4.79 Å². The number of para-hydroxylation sites is 1. The third-order valence-corrected chi connectivity index (χ3v) is 4.29. The molecule has 2 aromatic carbocycles. The number of carbonyl (C=O) groups excluding carboxylic acids is 1. The fourth-order valence-corrected chi connectivity index (χ4v) is 2.87. The Balaban J connectivity index is 2.13. The molecule has 25 heavy (non-hydrogen) atoms. The Bertz CT molecular complexity index is 734. The van der Waals surface area contributed by atoms with E-state index >= 15 is 0 Å². The molecule has 0 aliphatic heterocycles. The van der Waals surface area contributed by atoms with E-state index in [9.17, 15) is 4.79 Å². The maximum Gasteiger partial charge on any atom is 0.251 e. The molecule has 1 N–H and O–H groups in total. The molecule has 5 nitrogen and oxygen atoms in total. The largest absolute Gasteiger partial charge is 0.496 e. The summed E-state index contributed by atoms with van der Waals surface area (Å²) in [7, 11) is 7.11. The number of nitrogens with zero attached hydrogens (tertiary/aromatic N) is 1. The van der Waals surface area contributed by atoms with Crippen LogP contribution < -0.4 is 14.8 Å². The van der Waals surface area contributed by atoms with E-state index in [1.807, 2.05) is 43.3 Å². The van der Waals surface area contributed by atoms with Gasteiger partial charge in [-0.15, -0.1) is 0 Å². The van der Waals surface area contributed by atoms with Crippen LogP contribution in [-0.4, -0.2) is 45.7 Å². The topological polar surface area (TPSA) is 50.8 Å². The Morgan fingerprint density at radius 1 is 1.12 bits per heavy atom. The predicted molar refractivity (Wildman–Crippen MR) is 99.8 cm³/mol. The van der Waals surface area contributed by atoms with Crippen LogP contribution in [0.25, 0.3) is 0 Å². The van der Waals surface area contributed by atoms with Crippen molar-refractivity contribution in [3.63, 3.8) is 0 Å². The third-order valence-electron chi connectivity index (χ3n) is 3.99. The summed E-state index contributed by atoms with van der Waals surface area (Å²) in [6.07, 6.45) is 0. The number of methoxy groups -OCH3 is 2. The maximum absolute atomic E-state index is 12.4. The van der Waals surface area contributed by atoms with E-state index in [1.54, 1.807) is 25.3 Å². The molecule has 0 aromatic heterocycles. The Hall–Kier alpha value is -2.24. The van der Waals surface area contributed by atoms with Crippen LogP contribution in [0.3, 0.4) is 0 Å². The molecule has 1 amide bonds. The van der Waals surface area contributed by atoms with E-state index in [0.29, 0.717) is 22.9 Å². The number of rotatable bonds is 7. The average molecular weight is 363 g/mol. The van der Waals surface area contributed by atoms with Crippen molar-refractivity contribution in [3.8, 4) is 11.5 Å². The second-order valence-electron chi connectivity index (χ2n) is 5.78. The van der Waals surface area contributed by atoms with Gasteiger partial charge in [0, 0.05) is 17.7 Å². The molecule has 0 aliphatic rings. The van der Waals surface area contributed by atoms with E-state index in [-0.39, 0.29) is 11.9 Å². The lowest BCUT2D eigenvalue weighted by Crippen LogP contribution is -2.34. The molecule has 1 atom stereocenters. The van der Waals surface area contributed by atoms with Crippen molar-refractivity contribution in [2.75, 3.05) is 34.9 Å². The van der Waals surface area contributed by atoms with Crippen molar-refractivity contribution in [1.82, 2.24) is 10.2 Å². The van der Waals surface area contributed by atoms with Crippen LogP contribution in [0, 0.1) is 0 Å². The van der Waals surface area contributed by atoms with Crippen LogP contribution in [0.1, 0.15) is 22.0 Å². The first-order valence-electron chi connectivity index (χ1n) is 7.89. The molecule has 0 saturated heterocycles. The molecule has 2 rings (SSSR count). The Labute approximate surface area is 153 Å². The van der Waals surface area contributed by atoms with Gasteiger partial charge < -0.3 is 19.7 Å². The van der Waals surface area contributed by atoms with Crippen molar-refractivity contribution in [2.24, 2.45) is 0 Å². The highest BCUT2D eigenvalue weighted by atomic mass is 35.5. The normalized spacial score (nSPS) is 11.9.